The maximum absolute atomic E-state index is 12.0. The quantitative estimate of drug-likeness (QED) is 0.663. The molecular weight excluding hydrogens is 256 g/mol. The van der Waals surface area contributed by atoms with Gasteiger partial charge in [-0.1, -0.05) is 34.6 Å². The lowest BCUT2D eigenvalue weighted by Gasteiger charge is -2.30. The second-order valence-electron chi connectivity index (χ2n) is 6.53. The van der Waals surface area contributed by atoms with Crippen molar-refractivity contribution < 1.29 is 14.7 Å². The van der Waals surface area contributed by atoms with E-state index in [9.17, 15) is 14.7 Å². The Labute approximate surface area is 122 Å². The van der Waals surface area contributed by atoms with Crippen LogP contribution in [-0.2, 0) is 9.59 Å². The molecule has 1 atom stereocenters. The molecule has 0 aliphatic carbocycles. The number of amides is 2. The number of carbonyl (C=O) groups is 2. The smallest absolute Gasteiger partial charge is 0.242 e. The second kappa shape index (κ2) is 7.62. The molecule has 5 heteroatoms. The van der Waals surface area contributed by atoms with Gasteiger partial charge in [-0.15, -0.1) is 0 Å². The zero-order valence-corrected chi connectivity index (χ0v) is 13.7. The van der Waals surface area contributed by atoms with Crippen LogP contribution in [0.25, 0.3) is 0 Å². The van der Waals surface area contributed by atoms with Crippen molar-refractivity contribution in [2.24, 2.45) is 10.8 Å². The summed E-state index contributed by atoms with van der Waals surface area (Å²) in [6, 6.07) is -0.577. The first-order chi connectivity index (χ1) is 9.11. The van der Waals surface area contributed by atoms with E-state index >= 15 is 0 Å². The fourth-order valence-electron chi connectivity index (χ4n) is 1.69. The van der Waals surface area contributed by atoms with E-state index in [1.165, 1.54) is 0 Å². The van der Waals surface area contributed by atoms with E-state index in [-0.39, 0.29) is 23.8 Å². The number of aliphatic hydroxyl groups is 1. The molecule has 0 radical (unpaired) electrons. The Bertz CT molecular complexity index is 322. The Kier molecular flexibility index (Phi) is 7.20. The largest absolute Gasteiger partial charge is 0.396 e. The zero-order valence-electron chi connectivity index (χ0n) is 13.7. The van der Waals surface area contributed by atoms with Crippen LogP contribution in [0.2, 0.25) is 0 Å². The van der Waals surface area contributed by atoms with Gasteiger partial charge in [-0.25, -0.2) is 0 Å². The molecule has 0 saturated carbocycles. The minimum atomic E-state index is -0.577. The highest BCUT2D eigenvalue weighted by Crippen LogP contribution is 2.24. The number of hydrogen-bond donors (Lipinski definition) is 3. The van der Waals surface area contributed by atoms with Crippen LogP contribution < -0.4 is 10.6 Å². The van der Waals surface area contributed by atoms with Crippen molar-refractivity contribution in [1.82, 2.24) is 10.6 Å². The summed E-state index contributed by atoms with van der Waals surface area (Å²) in [5, 5.41) is 15.0. The molecule has 0 fully saturated rings. The van der Waals surface area contributed by atoms with Crippen molar-refractivity contribution in [3.05, 3.63) is 0 Å². The third kappa shape index (κ3) is 5.49. The molecule has 0 aliphatic heterocycles. The highest BCUT2D eigenvalue weighted by atomic mass is 16.3. The Morgan fingerprint density at radius 3 is 2.00 bits per heavy atom. The molecule has 0 aromatic carbocycles. The highest BCUT2D eigenvalue weighted by Gasteiger charge is 2.28. The lowest BCUT2D eigenvalue weighted by atomic mass is 9.83. The third-order valence-corrected chi connectivity index (χ3v) is 3.90. The van der Waals surface area contributed by atoms with Gasteiger partial charge in [0.05, 0.1) is 6.61 Å². The molecule has 0 aromatic heterocycles. The lowest BCUT2D eigenvalue weighted by molar-refractivity contribution is -0.133. The van der Waals surface area contributed by atoms with Crippen LogP contribution in [0.5, 0.6) is 0 Å². The molecular formula is C15H30N2O3. The first kappa shape index (κ1) is 18.9. The van der Waals surface area contributed by atoms with Gasteiger partial charge in [-0.2, -0.15) is 0 Å². The van der Waals surface area contributed by atoms with E-state index in [1.54, 1.807) is 27.7 Å². The van der Waals surface area contributed by atoms with Crippen molar-refractivity contribution in [2.75, 3.05) is 13.2 Å². The maximum Gasteiger partial charge on any atom is 0.242 e. The normalized spacial score (nSPS) is 13.8. The van der Waals surface area contributed by atoms with Crippen molar-refractivity contribution in [3.8, 4) is 0 Å². The topological polar surface area (TPSA) is 78.4 Å². The first-order valence-electron chi connectivity index (χ1n) is 7.31. The highest BCUT2D eigenvalue weighted by molar-refractivity contribution is 5.89. The molecule has 0 rings (SSSR count). The minimum absolute atomic E-state index is 0.0447. The van der Waals surface area contributed by atoms with Crippen LogP contribution in [0.1, 0.15) is 54.4 Å². The molecule has 118 valence electrons. The molecule has 5 nitrogen and oxygen atoms in total. The van der Waals surface area contributed by atoms with Crippen molar-refractivity contribution >= 4 is 11.8 Å². The summed E-state index contributed by atoms with van der Waals surface area (Å²) in [5.74, 6) is -0.373. The molecule has 0 bridgehead atoms. The molecule has 20 heavy (non-hydrogen) atoms. The monoisotopic (exact) mass is 286 g/mol. The Morgan fingerprint density at radius 2 is 1.65 bits per heavy atom. The number of nitrogens with one attached hydrogen (secondary N) is 2. The van der Waals surface area contributed by atoms with Crippen LogP contribution in [0.3, 0.4) is 0 Å². The standard InChI is InChI=1S/C15H30N2O3/c1-7-15(8-2,10-18)9-16-12(19)11(3)17-13(20)14(4,5)6/h11,18H,7-10H2,1-6H3,(H,16,19)(H,17,20). The van der Waals surface area contributed by atoms with Crippen molar-refractivity contribution in [3.63, 3.8) is 0 Å². The average molecular weight is 286 g/mol. The number of carbonyl (C=O) groups excluding carboxylic acids is 2. The Hall–Kier alpha value is -1.10. The molecule has 2 amide bonds. The van der Waals surface area contributed by atoms with Gasteiger partial charge in [0, 0.05) is 17.4 Å². The van der Waals surface area contributed by atoms with E-state index in [0.717, 1.165) is 12.8 Å². The Balaban J connectivity index is 4.45. The van der Waals surface area contributed by atoms with E-state index < -0.39 is 11.5 Å². The molecule has 0 aliphatic rings. The fourth-order valence-corrected chi connectivity index (χ4v) is 1.69. The Morgan fingerprint density at radius 1 is 1.15 bits per heavy atom. The van der Waals surface area contributed by atoms with Gasteiger partial charge >= 0.3 is 0 Å². The van der Waals surface area contributed by atoms with E-state index in [2.05, 4.69) is 10.6 Å². The van der Waals surface area contributed by atoms with Gasteiger partial charge in [0.1, 0.15) is 6.04 Å². The average Bonchev–Trinajstić information content (AvgIpc) is 2.39. The summed E-state index contributed by atoms with van der Waals surface area (Å²) in [5.41, 5.74) is -0.792. The van der Waals surface area contributed by atoms with Gasteiger partial charge in [0.15, 0.2) is 0 Å². The van der Waals surface area contributed by atoms with Crippen LogP contribution in [-0.4, -0.2) is 36.1 Å². The van der Waals surface area contributed by atoms with Gasteiger partial charge in [0.2, 0.25) is 11.8 Å². The summed E-state index contributed by atoms with van der Waals surface area (Å²) >= 11 is 0. The summed E-state index contributed by atoms with van der Waals surface area (Å²) in [6.45, 7) is 11.5. The van der Waals surface area contributed by atoms with Crippen LogP contribution in [0.15, 0.2) is 0 Å². The zero-order chi connectivity index (χ0) is 16.0. The summed E-state index contributed by atoms with van der Waals surface area (Å²) in [4.78, 5) is 23.8. The third-order valence-electron chi connectivity index (χ3n) is 3.90. The summed E-state index contributed by atoms with van der Waals surface area (Å²) < 4.78 is 0. The predicted molar refractivity (Wildman–Crippen MR) is 80.2 cm³/mol. The maximum atomic E-state index is 12.0. The molecule has 0 heterocycles. The molecule has 0 saturated heterocycles. The molecule has 1 unspecified atom stereocenters. The van der Waals surface area contributed by atoms with E-state index in [0.29, 0.717) is 6.54 Å². The summed E-state index contributed by atoms with van der Waals surface area (Å²) in [6.07, 6.45) is 1.59. The number of aliphatic hydroxyl groups excluding tert-OH is 1. The fraction of sp³-hybridized carbons (Fsp3) is 0.867. The van der Waals surface area contributed by atoms with Gasteiger partial charge in [-0.05, 0) is 19.8 Å². The second-order valence-corrected chi connectivity index (χ2v) is 6.53. The van der Waals surface area contributed by atoms with Gasteiger partial charge < -0.3 is 15.7 Å². The van der Waals surface area contributed by atoms with E-state index in [1.807, 2.05) is 13.8 Å². The van der Waals surface area contributed by atoms with Gasteiger partial charge in [-0.3, -0.25) is 9.59 Å². The predicted octanol–water partition coefficient (Wildman–Crippen LogP) is 1.45. The van der Waals surface area contributed by atoms with Gasteiger partial charge in [0.25, 0.3) is 0 Å². The first-order valence-corrected chi connectivity index (χ1v) is 7.31. The van der Waals surface area contributed by atoms with Crippen molar-refractivity contribution in [1.29, 1.82) is 0 Å². The van der Waals surface area contributed by atoms with Crippen molar-refractivity contribution in [2.45, 2.75) is 60.4 Å². The van der Waals surface area contributed by atoms with Crippen LogP contribution in [0.4, 0.5) is 0 Å². The van der Waals surface area contributed by atoms with Crippen LogP contribution >= 0.6 is 0 Å². The number of hydrogen-bond acceptors (Lipinski definition) is 3. The van der Waals surface area contributed by atoms with Crippen LogP contribution in [0, 0.1) is 10.8 Å². The molecule has 3 N–H and O–H groups in total. The summed E-state index contributed by atoms with van der Waals surface area (Å²) in [7, 11) is 0. The number of rotatable bonds is 7. The molecule has 0 aromatic rings. The minimum Gasteiger partial charge on any atom is -0.396 e. The SMILES string of the molecule is CCC(CC)(CO)CNC(=O)C(C)NC(=O)C(C)(C)C. The lowest BCUT2D eigenvalue weighted by Crippen LogP contribution is -2.50. The molecule has 0 spiro atoms. The van der Waals surface area contributed by atoms with E-state index in [4.69, 9.17) is 0 Å².